The largest absolute Gasteiger partial charge is 0.356 e. The Morgan fingerprint density at radius 2 is 1.88 bits per heavy atom. The Labute approximate surface area is 146 Å². The van der Waals surface area contributed by atoms with Gasteiger partial charge in [0.25, 0.3) is 0 Å². The average molecular weight is 339 g/mol. The first-order chi connectivity index (χ1) is 11.7. The van der Waals surface area contributed by atoms with Crippen LogP contribution in [0.15, 0.2) is 54.6 Å². The molecule has 2 unspecified atom stereocenters. The van der Waals surface area contributed by atoms with E-state index in [0.29, 0.717) is 0 Å². The number of halogens is 1. The van der Waals surface area contributed by atoms with E-state index in [1.165, 1.54) is 10.9 Å². The van der Waals surface area contributed by atoms with Gasteiger partial charge in [-0.05, 0) is 30.5 Å². The third-order valence-corrected chi connectivity index (χ3v) is 5.12. The SMILES string of the molecule is CC1Cc2c([nH]c3ccccc23)C(c2ccccc2)N1C(=O)CCl. The van der Waals surface area contributed by atoms with Gasteiger partial charge in [0.05, 0.1) is 6.04 Å². The first kappa shape index (κ1) is 15.3. The van der Waals surface area contributed by atoms with Crippen molar-refractivity contribution >= 4 is 28.4 Å². The van der Waals surface area contributed by atoms with E-state index >= 15 is 0 Å². The zero-order valence-corrected chi connectivity index (χ0v) is 14.3. The van der Waals surface area contributed by atoms with Crippen LogP contribution < -0.4 is 0 Å². The molecule has 0 spiro atoms. The van der Waals surface area contributed by atoms with Crippen molar-refractivity contribution in [3.05, 3.63) is 71.4 Å². The molecule has 0 fully saturated rings. The van der Waals surface area contributed by atoms with Gasteiger partial charge < -0.3 is 9.88 Å². The van der Waals surface area contributed by atoms with Gasteiger partial charge in [0, 0.05) is 22.6 Å². The molecular formula is C20H19ClN2O. The number of rotatable bonds is 2. The lowest BCUT2D eigenvalue weighted by atomic mass is 9.88. The first-order valence-corrected chi connectivity index (χ1v) is 8.75. The summed E-state index contributed by atoms with van der Waals surface area (Å²) in [5.41, 5.74) is 4.65. The van der Waals surface area contributed by atoms with E-state index in [0.717, 1.165) is 23.2 Å². The van der Waals surface area contributed by atoms with Crippen molar-refractivity contribution in [2.75, 3.05) is 5.88 Å². The van der Waals surface area contributed by atoms with E-state index < -0.39 is 0 Å². The van der Waals surface area contributed by atoms with Crippen LogP contribution in [0.1, 0.15) is 29.8 Å². The van der Waals surface area contributed by atoms with Crippen LogP contribution in [0.5, 0.6) is 0 Å². The molecule has 4 heteroatoms. The average Bonchev–Trinajstić information content (AvgIpc) is 2.99. The van der Waals surface area contributed by atoms with E-state index in [-0.39, 0.29) is 23.9 Å². The molecule has 0 bridgehead atoms. The van der Waals surface area contributed by atoms with Crippen molar-refractivity contribution in [1.29, 1.82) is 0 Å². The fourth-order valence-corrected chi connectivity index (χ4v) is 4.02. The Kier molecular flexibility index (Phi) is 3.81. The number of nitrogens with one attached hydrogen (secondary N) is 1. The highest BCUT2D eigenvalue weighted by atomic mass is 35.5. The van der Waals surface area contributed by atoms with E-state index in [4.69, 9.17) is 11.6 Å². The molecule has 3 aromatic rings. The Morgan fingerprint density at radius 1 is 1.17 bits per heavy atom. The number of para-hydroxylation sites is 1. The Balaban J connectivity index is 1.96. The summed E-state index contributed by atoms with van der Waals surface area (Å²) >= 11 is 5.91. The monoisotopic (exact) mass is 338 g/mol. The number of hydrogen-bond donors (Lipinski definition) is 1. The first-order valence-electron chi connectivity index (χ1n) is 8.22. The van der Waals surface area contributed by atoms with Gasteiger partial charge in [-0.15, -0.1) is 11.6 Å². The molecule has 4 rings (SSSR count). The van der Waals surface area contributed by atoms with Gasteiger partial charge >= 0.3 is 0 Å². The number of nitrogens with zero attached hydrogens (tertiary/aromatic N) is 1. The van der Waals surface area contributed by atoms with Crippen LogP contribution in [0, 0.1) is 0 Å². The molecule has 1 aliphatic heterocycles. The number of carbonyl (C=O) groups is 1. The zero-order chi connectivity index (χ0) is 16.7. The van der Waals surface area contributed by atoms with Crippen LogP contribution in [-0.2, 0) is 11.2 Å². The number of aromatic nitrogens is 1. The summed E-state index contributed by atoms with van der Waals surface area (Å²) in [6.45, 7) is 2.10. The molecule has 1 amide bonds. The van der Waals surface area contributed by atoms with Crippen LogP contribution >= 0.6 is 11.6 Å². The van der Waals surface area contributed by atoms with Crippen LogP contribution in [0.2, 0.25) is 0 Å². The second-order valence-electron chi connectivity index (χ2n) is 6.36. The summed E-state index contributed by atoms with van der Waals surface area (Å²) in [7, 11) is 0. The smallest absolute Gasteiger partial charge is 0.238 e. The van der Waals surface area contributed by atoms with Gasteiger partial charge in [-0.2, -0.15) is 0 Å². The quantitative estimate of drug-likeness (QED) is 0.696. The van der Waals surface area contributed by atoms with Gasteiger partial charge in [-0.3, -0.25) is 4.79 Å². The number of aromatic amines is 1. The predicted molar refractivity (Wildman–Crippen MR) is 97.3 cm³/mol. The van der Waals surface area contributed by atoms with Crippen molar-refractivity contribution in [2.45, 2.75) is 25.4 Å². The van der Waals surface area contributed by atoms with Crippen molar-refractivity contribution in [3.8, 4) is 0 Å². The topological polar surface area (TPSA) is 36.1 Å². The van der Waals surface area contributed by atoms with E-state index in [1.54, 1.807) is 0 Å². The molecule has 1 aliphatic rings. The molecule has 1 aromatic heterocycles. The van der Waals surface area contributed by atoms with Crippen LogP contribution in [-0.4, -0.2) is 27.7 Å². The second kappa shape index (κ2) is 5.99. The number of fused-ring (bicyclic) bond motifs is 3. The van der Waals surface area contributed by atoms with E-state index in [9.17, 15) is 4.79 Å². The third-order valence-electron chi connectivity index (χ3n) is 4.89. The summed E-state index contributed by atoms with van der Waals surface area (Å²) in [6.07, 6.45) is 0.839. The number of benzene rings is 2. The Bertz CT molecular complexity index is 887. The van der Waals surface area contributed by atoms with Crippen molar-refractivity contribution in [2.24, 2.45) is 0 Å². The third kappa shape index (κ3) is 2.31. The van der Waals surface area contributed by atoms with Crippen molar-refractivity contribution in [1.82, 2.24) is 9.88 Å². The molecule has 0 saturated heterocycles. The second-order valence-corrected chi connectivity index (χ2v) is 6.63. The number of H-pyrrole nitrogens is 1. The van der Waals surface area contributed by atoms with Gasteiger partial charge in [-0.25, -0.2) is 0 Å². The zero-order valence-electron chi connectivity index (χ0n) is 13.5. The molecule has 0 saturated carbocycles. The molecule has 0 aliphatic carbocycles. The number of carbonyl (C=O) groups excluding carboxylic acids is 1. The van der Waals surface area contributed by atoms with Gasteiger partial charge in [0.2, 0.25) is 5.91 Å². The maximum absolute atomic E-state index is 12.6. The molecule has 0 radical (unpaired) electrons. The predicted octanol–water partition coefficient (Wildman–Crippen LogP) is 4.27. The lowest BCUT2D eigenvalue weighted by molar-refractivity contribution is -0.133. The van der Waals surface area contributed by atoms with Crippen LogP contribution in [0.4, 0.5) is 0 Å². The summed E-state index contributed by atoms with van der Waals surface area (Å²) in [5.74, 6) is -0.0224. The van der Waals surface area contributed by atoms with Gasteiger partial charge in [0.1, 0.15) is 5.88 Å². The molecule has 2 atom stereocenters. The minimum atomic E-state index is -0.122. The molecule has 24 heavy (non-hydrogen) atoms. The van der Waals surface area contributed by atoms with Gasteiger partial charge in [0.15, 0.2) is 0 Å². The highest BCUT2D eigenvalue weighted by Gasteiger charge is 2.37. The fraction of sp³-hybridized carbons (Fsp3) is 0.250. The number of hydrogen-bond acceptors (Lipinski definition) is 1. The van der Waals surface area contributed by atoms with Crippen LogP contribution in [0.3, 0.4) is 0 Å². The van der Waals surface area contributed by atoms with Crippen LogP contribution in [0.25, 0.3) is 10.9 Å². The maximum Gasteiger partial charge on any atom is 0.238 e. The normalized spacial score (nSPS) is 20.2. The van der Waals surface area contributed by atoms with E-state index in [2.05, 4.69) is 42.2 Å². The van der Waals surface area contributed by atoms with Crippen molar-refractivity contribution < 1.29 is 4.79 Å². The summed E-state index contributed by atoms with van der Waals surface area (Å²) in [6, 6.07) is 18.5. The van der Waals surface area contributed by atoms with E-state index in [1.807, 2.05) is 29.2 Å². The summed E-state index contributed by atoms with van der Waals surface area (Å²) in [5, 5.41) is 1.25. The highest BCUT2D eigenvalue weighted by molar-refractivity contribution is 6.27. The lowest BCUT2D eigenvalue weighted by Gasteiger charge is -2.40. The highest BCUT2D eigenvalue weighted by Crippen LogP contribution is 2.40. The van der Waals surface area contributed by atoms with Gasteiger partial charge in [-0.1, -0.05) is 48.5 Å². The minimum Gasteiger partial charge on any atom is -0.356 e. The number of alkyl halides is 1. The lowest BCUT2D eigenvalue weighted by Crippen LogP contribution is -2.46. The fourth-order valence-electron chi connectivity index (χ4n) is 3.88. The molecule has 122 valence electrons. The molecule has 2 aromatic carbocycles. The Morgan fingerprint density at radius 3 is 2.62 bits per heavy atom. The summed E-state index contributed by atoms with van der Waals surface area (Å²) in [4.78, 5) is 18.1. The Hall–Kier alpha value is -2.26. The molecule has 1 N–H and O–H groups in total. The van der Waals surface area contributed by atoms with Crippen molar-refractivity contribution in [3.63, 3.8) is 0 Å². The minimum absolute atomic E-state index is 0.00321. The molecular weight excluding hydrogens is 320 g/mol. The molecule has 2 heterocycles. The standard InChI is InChI=1S/C20H19ClN2O/c1-13-11-16-15-9-5-6-10-17(15)22-19(16)20(23(13)18(24)12-21)14-7-3-2-4-8-14/h2-10,13,20,22H,11-12H2,1H3. The molecule has 3 nitrogen and oxygen atoms in total. The number of amides is 1. The summed E-state index contributed by atoms with van der Waals surface area (Å²) < 4.78 is 0. The maximum atomic E-state index is 12.6.